The Bertz CT molecular complexity index is 638. The molecule has 0 aromatic carbocycles. The third-order valence-electron chi connectivity index (χ3n) is 6.03. The third-order valence-corrected chi connectivity index (χ3v) is 6.03. The molecule has 0 saturated carbocycles. The van der Waals surface area contributed by atoms with Crippen molar-refractivity contribution in [1.82, 2.24) is 0 Å². The van der Waals surface area contributed by atoms with Gasteiger partial charge in [-0.15, -0.1) is 0 Å². The van der Waals surface area contributed by atoms with Crippen LogP contribution >= 0.6 is 0 Å². The lowest BCUT2D eigenvalue weighted by Gasteiger charge is -2.21. The zero-order valence-corrected chi connectivity index (χ0v) is 21.8. The van der Waals surface area contributed by atoms with Gasteiger partial charge in [0.1, 0.15) is 6.10 Å². The number of ether oxygens (including phenoxy) is 2. The predicted molar refractivity (Wildman–Crippen MR) is 136 cm³/mol. The van der Waals surface area contributed by atoms with Crippen molar-refractivity contribution in [2.45, 2.75) is 136 Å². The first kappa shape index (κ1) is 29.4. The second kappa shape index (κ2) is 18.8. The molecule has 2 atom stereocenters. The minimum atomic E-state index is -0.197. The summed E-state index contributed by atoms with van der Waals surface area (Å²) in [4.78, 5) is 24.4. The Kier molecular flexibility index (Phi) is 16.8. The van der Waals surface area contributed by atoms with Crippen molar-refractivity contribution in [1.29, 1.82) is 0 Å². The number of carbonyl (C=O) groups is 2. The first-order valence-electron chi connectivity index (χ1n) is 13.5. The maximum Gasteiger partial charge on any atom is 0.306 e. The molecule has 0 bridgehead atoms. The molecule has 4 nitrogen and oxygen atoms in total. The zero-order chi connectivity index (χ0) is 24.3. The zero-order valence-electron chi connectivity index (χ0n) is 21.8. The van der Waals surface area contributed by atoms with Crippen molar-refractivity contribution >= 4 is 11.8 Å². The van der Waals surface area contributed by atoms with E-state index in [0.717, 1.165) is 50.5 Å². The van der Waals surface area contributed by atoms with E-state index in [1.807, 2.05) is 13.8 Å². The van der Waals surface area contributed by atoms with Crippen LogP contribution in [0.3, 0.4) is 0 Å². The molecule has 1 aliphatic rings. The van der Waals surface area contributed by atoms with E-state index in [2.05, 4.69) is 25.7 Å². The number of rotatable bonds is 18. The highest BCUT2D eigenvalue weighted by molar-refractivity contribution is 5.97. The highest BCUT2D eigenvalue weighted by atomic mass is 16.5. The van der Waals surface area contributed by atoms with Gasteiger partial charge in [-0.05, 0) is 45.6 Å². The van der Waals surface area contributed by atoms with Crippen molar-refractivity contribution in [2.75, 3.05) is 6.61 Å². The summed E-state index contributed by atoms with van der Waals surface area (Å²) in [7, 11) is 0. The topological polar surface area (TPSA) is 52.6 Å². The Morgan fingerprint density at radius 2 is 1.61 bits per heavy atom. The summed E-state index contributed by atoms with van der Waals surface area (Å²) < 4.78 is 11.4. The molecule has 0 amide bonds. The molecule has 0 N–H and O–H groups in total. The van der Waals surface area contributed by atoms with Crippen LogP contribution in [0.5, 0.6) is 0 Å². The summed E-state index contributed by atoms with van der Waals surface area (Å²) in [6.45, 7) is 8.76. The van der Waals surface area contributed by atoms with Crippen molar-refractivity contribution in [3.63, 3.8) is 0 Å². The minimum Gasteiger partial charge on any atom is -0.463 e. The minimum absolute atomic E-state index is 0.0578. The number of unbranched alkanes of at least 4 members (excludes halogenated alkanes) is 10. The summed E-state index contributed by atoms with van der Waals surface area (Å²) in [6, 6.07) is 0. The molecule has 0 unspecified atom stereocenters. The quantitative estimate of drug-likeness (QED) is 0.122. The Hall–Kier alpha value is -1.60. The Balaban J connectivity index is 2.52. The Morgan fingerprint density at radius 1 is 0.939 bits per heavy atom. The molecule has 0 aromatic rings. The summed E-state index contributed by atoms with van der Waals surface area (Å²) in [5.41, 5.74) is 0.870. The number of hydrogen-bond donors (Lipinski definition) is 0. The summed E-state index contributed by atoms with van der Waals surface area (Å²) >= 11 is 0. The molecule has 0 spiro atoms. The van der Waals surface area contributed by atoms with Gasteiger partial charge >= 0.3 is 5.97 Å². The van der Waals surface area contributed by atoms with Crippen LogP contribution in [0.4, 0.5) is 0 Å². The number of carbonyl (C=O) groups excluding carboxylic acids is 2. The van der Waals surface area contributed by atoms with Gasteiger partial charge in [-0.25, -0.2) is 0 Å². The Morgan fingerprint density at radius 3 is 2.30 bits per heavy atom. The maximum atomic E-state index is 12.7. The van der Waals surface area contributed by atoms with Crippen LogP contribution < -0.4 is 0 Å². The van der Waals surface area contributed by atoms with Gasteiger partial charge in [0.15, 0.2) is 5.78 Å². The lowest BCUT2D eigenvalue weighted by molar-refractivity contribution is -0.147. The van der Waals surface area contributed by atoms with Crippen LogP contribution in [-0.4, -0.2) is 30.6 Å². The molecule has 33 heavy (non-hydrogen) atoms. The van der Waals surface area contributed by atoms with E-state index in [0.29, 0.717) is 13.0 Å². The van der Waals surface area contributed by atoms with Gasteiger partial charge < -0.3 is 9.47 Å². The van der Waals surface area contributed by atoms with Crippen LogP contribution in [0, 0.1) is 17.8 Å². The van der Waals surface area contributed by atoms with E-state index in [-0.39, 0.29) is 29.9 Å². The van der Waals surface area contributed by atoms with Crippen LogP contribution in [-0.2, 0) is 19.1 Å². The number of ketones is 1. The fourth-order valence-corrected chi connectivity index (χ4v) is 4.17. The molecule has 1 aliphatic carbocycles. The molecule has 0 heterocycles. The monoisotopic (exact) mass is 460 g/mol. The van der Waals surface area contributed by atoms with Crippen molar-refractivity contribution < 1.29 is 19.1 Å². The van der Waals surface area contributed by atoms with Gasteiger partial charge in [-0.3, -0.25) is 9.59 Å². The van der Waals surface area contributed by atoms with Crippen molar-refractivity contribution in [3.05, 3.63) is 11.6 Å². The Labute approximate surface area is 203 Å². The first-order valence-corrected chi connectivity index (χ1v) is 13.5. The smallest absolute Gasteiger partial charge is 0.306 e. The van der Waals surface area contributed by atoms with E-state index >= 15 is 0 Å². The molecule has 0 aromatic heterocycles. The van der Waals surface area contributed by atoms with Gasteiger partial charge in [-0.1, -0.05) is 83.5 Å². The van der Waals surface area contributed by atoms with E-state index in [1.54, 1.807) is 6.08 Å². The summed E-state index contributed by atoms with van der Waals surface area (Å²) in [5, 5.41) is 0. The van der Waals surface area contributed by atoms with E-state index < -0.39 is 0 Å². The largest absolute Gasteiger partial charge is 0.463 e. The molecule has 0 saturated heterocycles. The van der Waals surface area contributed by atoms with Gasteiger partial charge in [0, 0.05) is 25.0 Å². The van der Waals surface area contributed by atoms with E-state index in [9.17, 15) is 9.59 Å². The summed E-state index contributed by atoms with van der Waals surface area (Å²) in [6.07, 6.45) is 17.1. The first-order chi connectivity index (χ1) is 16.0. The second-order valence-electron chi connectivity index (χ2n) is 9.56. The average Bonchev–Trinajstić information content (AvgIpc) is 3.06. The molecule has 0 fully saturated rings. The van der Waals surface area contributed by atoms with E-state index in [1.165, 1.54) is 44.9 Å². The van der Waals surface area contributed by atoms with Gasteiger partial charge in [-0.2, -0.15) is 0 Å². The highest BCUT2D eigenvalue weighted by Gasteiger charge is 2.35. The van der Waals surface area contributed by atoms with Crippen LogP contribution in [0.2, 0.25) is 0 Å². The fraction of sp³-hybridized carbons (Fsp3) is 0.793. The van der Waals surface area contributed by atoms with Crippen LogP contribution in [0.1, 0.15) is 124 Å². The summed E-state index contributed by atoms with van der Waals surface area (Å²) in [5.74, 6) is 6.51. The predicted octanol–water partition coefficient (Wildman–Crippen LogP) is 7.34. The van der Waals surface area contributed by atoms with Crippen molar-refractivity contribution in [3.8, 4) is 11.8 Å². The van der Waals surface area contributed by atoms with Crippen LogP contribution in [0.15, 0.2) is 11.6 Å². The molecule has 0 radical (unpaired) electrons. The van der Waals surface area contributed by atoms with Crippen LogP contribution in [0.25, 0.3) is 0 Å². The average molecular weight is 461 g/mol. The van der Waals surface area contributed by atoms with Crippen molar-refractivity contribution in [2.24, 2.45) is 5.92 Å². The second-order valence-corrected chi connectivity index (χ2v) is 9.56. The van der Waals surface area contributed by atoms with Gasteiger partial charge in [0.2, 0.25) is 0 Å². The number of esters is 1. The van der Waals surface area contributed by atoms with Gasteiger partial charge in [0.25, 0.3) is 0 Å². The normalized spacial score (nSPS) is 17.7. The molecule has 4 heteroatoms. The lowest BCUT2D eigenvalue weighted by atomic mass is 9.93. The fourth-order valence-electron chi connectivity index (χ4n) is 4.17. The van der Waals surface area contributed by atoms with E-state index in [4.69, 9.17) is 9.47 Å². The molecule has 188 valence electrons. The number of allylic oxidation sites excluding steroid dienone is 1. The van der Waals surface area contributed by atoms with Gasteiger partial charge in [0.05, 0.1) is 12.0 Å². The molecule has 1 rings (SSSR count). The highest BCUT2D eigenvalue weighted by Crippen LogP contribution is 2.30. The lowest BCUT2D eigenvalue weighted by Crippen LogP contribution is -2.26. The molecule has 0 aliphatic heterocycles. The standard InChI is InChI=1S/C29H48O4/c1-5-7-9-11-13-15-19-25-23-27(30)26(20-16-12-10-8-6-2)29(25)32-22-18-14-17-21-28(31)33-24(3)4/h23-24,26,29H,5-14,16-18,20-22H2,1-4H3/t26-,29-/m0/s1. The maximum absolute atomic E-state index is 12.7. The molecular weight excluding hydrogens is 412 g/mol. The number of hydrogen-bond acceptors (Lipinski definition) is 4. The molecular formula is C29H48O4. The SMILES string of the molecule is CCCCCCC#CC1=CC(=O)[C@H](CCCCCCC)[C@H]1OCCCCCC(=O)OC(C)C. The third kappa shape index (κ3) is 13.6.